The van der Waals surface area contributed by atoms with E-state index in [1.165, 1.54) is 24.3 Å². The molecule has 2 N–H and O–H groups in total. The van der Waals surface area contributed by atoms with Crippen LogP contribution in [0.1, 0.15) is 22.8 Å². The van der Waals surface area contributed by atoms with E-state index in [1.54, 1.807) is 0 Å². The highest BCUT2D eigenvalue weighted by molar-refractivity contribution is 5.94. The molecule has 2 aromatic rings. The molecule has 0 aliphatic rings. The number of hydrogen-bond acceptors (Lipinski definition) is 2. The van der Waals surface area contributed by atoms with Crippen molar-refractivity contribution in [1.82, 2.24) is 10.9 Å². The SMILES string of the molecule is CC=C(NNC(=O)c1ccc(F)cc1)c1ccccc1. The molecule has 0 heterocycles. The first kappa shape index (κ1) is 13.8. The molecular weight excluding hydrogens is 255 g/mol. The molecule has 4 heteroatoms. The van der Waals surface area contributed by atoms with E-state index in [1.807, 2.05) is 43.3 Å². The van der Waals surface area contributed by atoms with Crippen molar-refractivity contribution in [3.05, 3.63) is 77.6 Å². The van der Waals surface area contributed by atoms with Gasteiger partial charge in [-0.2, -0.15) is 0 Å². The minimum Gasteiger partial charge on any atom is -0.298 e. The second kappa shape index (κ2) is 6.52. The van der Waals surface area contributed by atoms with E-state index in [4.69, 9.17) is 0 Å². The number of halogens is 1. The average molecular weight is 270 g/mol. The van der Waals surface area contributed by atoms with Gasteiger partial charge in [0.25, 0.3) is 5.91 Å². The topological polar surface area (TPSA) is 41.1 Å². The average Bonchev–Trinajstić information content (AvgIpc) is 2.49. The minimum absolute atomic E-state index is 0.319. The van der Waals surface area contributed by atoms with Crippen LogP contribution in [0.2, 0.25) is 0 Å². The number of carbonyl (C=O) groups excluding carboxylic acids is 1. The second-order valence-electron chi connectivity index (χ2n) is 4.15. The fourth-order valence-electron chi connectivity index (χ4n) is 1.73. The predicted octanol–water partition coefficient (Wildman–Crippen LogP) is 3.12. The van der Waals surface area contributed by atoms with E-state index in [-0.39, 0.29) is 11.7 Å². The number of allylic oxidation sites excluding steroid dienone is 1. The van der Waals surface area contributed by atoms with Gasteiger partial charge in [0.2, 0.25) is 0 Å². The van der Waals surface area contributed by atoms with Gasteiger partial charge in [0, 0.05) is 5.56 Å². The zero-order chi connectivity index (χ0) is 14.4. The van der Waals surface area contributed by atoms with Gasteiger partial charge in [-0.25, -0.2) is 4.39 Å². The van der Waals surface area contributed by atoms with Crippen LogP contribution >= 0.6 is 0 Å². The molecule has 0 fully saturated rings. The Morgan fingerprint density at radius 1 is 0.950 bits per heavy atom. The quantitative estimate of drug-likeness (QED) is 0.838. The van der Waals surface area contributed by atoms with Crippen LogP contribution in [0.4, 0.5) is 4.39 Å². The minimum atomic E-state index is -0.368. The van der Waals surface area contributed by atoms with Crippen molar-refractivity contribution in [3.63, 3.8) is 0 Å². The number of nitrogens with one attached hydrogen (secondary N) is 2. The first-order valence-electron chi connectivity index (χ1n) is 6.24. The number of carbonyl (C=O) groups is 1. The Balaban J connectivity index is 2.01. The normalized spacial score (nSPS) is 11.0. The first-order valence-corrected chi connectivity index (χ1v) is 6.24. The fourth-order valence-corrected chi connectivity index (χ4v) is 1.73. The molecule has 2 aromatic carbocycles. The van der Waals surface area contributed by atoms with E-state index in [2.05, 4.69) is 10.9 Å². The summed E-state index contributed by atoms with van der Waals surface area (Å²) in [6.07, 6.45) is 1.86. The smallest absolute Gasteiger partial charge is 0.269 e. The summed E-state index contributed by atoms with van der Waals surface area (Å²) in [7, 11) is 0. The highest BCUT2D eigenvalue weighted by atomic mass is 19.1. The zero-order valence-electron chi connectivity index (χ0n) is 11.1. The third kappa shape index (κ3) is 3.45. The largest absolute Gasteiger partial charge is 0.298 e. The summed E-state index contributed by atoms with van der Waals surface area (Å²) in [5.41, 5.74) is 7.61. The monoisotopic (exact) mass is 270 g/mol. The Bertz CT molecular complexity index is 606. The molecule has 0 aliphatic carbocycles. The molecule has 0 unspecified atom stereocenters. The standard InChI is InChI=1S/C16H15FN2O/c1-2-15(12-6-4-3-5-7-12)18-19-16(20)13-8-10-14(17)11-9-13/h2-11,18H,1H3,(H,19,20). The van der Waals surface area contributed by atoms with Crippen LogP contribution in [0.25, 0.3) is 5.70 Å². The molecule has 0 spiro atoms. The lowest BCUT2D eigenvalue weighted by Gasteiger charge is -2.12. The molecule has 0 saturated heterocycles. The summed E-state index contributed by atoms with van der Waals surface area (Å²) in [5, 5.41) is 0. The van der Waals surface area contributed by atoms with Crippen LogP contribution in [0.5, 0.6) is 0 Å². The van der Waals surface area contributed by atoms with Gasteiger partial charge in [-0.05, 0) is 36.8 Å². The van der Waals surface area contributed by atoms with Gasteiger partial charge in [0.1, 0.15) is 5.82 Å². The maximum Gasteiger partial charge on any atom is 0.269 e. The van der Waals surface area contributed by atoms with Crippen LogP contribution in [0.15, 0.2) is 60.7 Å². The number of benzene rings is 2. The molecular formula is C16H15FN2O. The molecule has 2 rings (SSSR count). The molecule has 102 valence electrons. The van der Waals surface area contributed by atoms with Gasteiger partial charge in [0.15, 0.2) is 0 Å². The van der Waals surface area contributed by atoms with Gasteiger partial charge >= 0.3 is 0 Å². The third-order valence-corrected chi connectivity index (χ3v) is 2.79. The van der Waals surface area contributed by atoms with E-state index in [0.717, 1.165) is 11.3 Å². The van der Waals surface area contributed by atoms with Gasteiger partial charge in [0.05, 0.1) is 5.70 Å². The molecule has 20 heavy (non-hydrogen) atoms. The molecule has 0 saturated carbocycles. The Labute approximate surface area is 117 Å². The van der Waals surface area contributed by atoms with Crippen molar-refractivity contribution >= 4 is 11.6 Å². The van der Waals surface area contributed by atoms with Crippen molar-refractivity contribution in [2.24, 2.45) is 0 Å². The summed E-state index contributed by atoms with van der Waals surface area (Å²) in [6.45, 7) is 1.87. The summed E-state index contributed by atoms with van der Waals surface area (Å²) in [4.78, 5) is 11.9. The van der Waals surface area contributed by atoms with Gasteiger partial charge in [-0.15, -0.1) is 0 Å². The lowest BCUT2D eigenvalue weighted by molar-refractivity contribution is 0.0942. The van der Waals surface area contributed by atoms with Crippen LogP contribution in [0.3, 0.4) is 0 Å². The summed E-state index contributed by atoms with van der Waals surface area (Å²) in [6, 6.07) is 15.0. The molecule has 1 amide bonds. The number of amides is 1. The number of hydrazine groups is 1. The summed E-state index contributed by atoms with van der Waals surface area (Å²) in [5.74, 6) is -0.687. The van der Waals surface area contributed by atoms with Gasteiger partial charge < -0.3 is 0 Å². The summed E-state index contributed by atoms with van der Waals surface area (Å²) >= 11 is 0. The molecule has 0 aromatic heterocycles. The van der Waals surface area contributed by atoms with Crippen molar-refractivity contribution in [1.29, 1.82) is 0 Å². The Hall–Kier alpha value is -2.62. The van der Waals surface area contributed by atoms with E-state index < -0.39 is 0 Å². The van der Waals surface area contributed by atoms with Crippen molar-refractivity contribution in [3.8, 4) is 0 Å². The van der Waals surface area contributed by atoms with Crippen molar-refractivity contribution < 1.29 is 9.18 Å². The lowest BCUT2D eigenvalue weighted by atomic mass is 10.1. The molecule has 0 atom stereocenters. The van der Waals surface area contributed by atoms with Gasteiger partial charge in [-0.1, -0.05) is 36.4 Å². The maximum absolute atomic E-state index is 12.8. The Kier molecular flexibility index (Phi) is 4.50. The Morgan fingerprint density at radius 3 is 2.20 bits per heavy atom. The van der Waals surface area contributed by atoms with Crippen LogP contribution in [-0.4, -0.2) is 5.91 Å². The third-order valence-electron chi connectivity index (χ3n) is 2.79. The molecule has 0 radical (unpaired) electrons. The van der Waals surface area contributed by atoms with Crippen LogP contribution in [-0.2, 0) is 0 Å². The Morgan fingerprint density at radius 2 is 1.60 bits per heavy atom. The van der Waals surface area contributed by atoms with Crippen LogP contribution in [0, 0.1) is 5.82 Å². The molecule has 3 nitrogen and oxygen atoms in total. The number of hydrogen-bond donors (Lipinski definition) is 2. The molecule has 0 aliphatic heterocycles. The highest BCUT2D eigenvalue weighted by Crippen LogP contribution is 2.09. The second-order valence-corrected chi connectivity index (χ2v) is 4.15. The molecule has 0 bridgehead atoms. The van der Waals surface area contributed by atoms with Gasteiger partial charge in [-0.3, -0.25) is 15.6 Å². The van der Waals surface area contributed by atoms with Crippen molar-refractivity contribution in [2.75, 3.05) is 0 Å². The van der Waals surface area contributed by atoms with E-state index in [0.29, 0.717) is 5.56 Å². The zero-order valence-corrected chi connectivity index (χ0v) is 11.1. The predicted molar refractivity (Wildman–Crippen MR) is 77.1 cm³/mol. The first-order chi connectivity index (χ1) is 9.70. The fraction of sp³-hybridized carbons (Fsp3) is 0.0625. The highest BCUT2D eigenvalue weighted by Gasteiger charge is 2.06. The van der Waals surface area contributed by atoms with E-state index in [9.17, 15) is 9.18 Å². The van der Waals surface area contributed by atoms with E-state index >= 15 is 0 Å². The van der Waals surface area contributed by atoms with Crippen LogP contribution < -0.4 is 10.9 Å². The number of rotatable bonds is 4. The lowest BCUT2D eigenvalue weighted by Crippen LogP contribution is -2.36. The maximum atomic E-state index is 12.8. The summed E-state index contributed by atoms with van der Waals surface area (Å²) < 4.78 is 12.8. The van der Waals surface area contributed by atoms with Crippen molar-refractivity contribution in [2.45, 2.75) is 6.92 Å².